The quantitative estimate of drug-likeness (QED) is 0.381. The van der Waals surface area contributed by atoms with Gasteiger partial charge in [-0.25, -0.2) is 5.43 Å². The molecule has 0 radical (unpaired) electrons. The number of anilines is 1. The largest absolute Gasteiger partial charge is 0.493 e. The third kappa shape index (κ3) is 5.91. The first-order valence-electron chi connectivity index (χ1n) is 9.99. The highest BCUT2D eigenvalue weighted by molar-refractivity contribution is 5.84. The number of nitrogens with one attached hydrogen (secondary N) is 1. The van der Waals surface area contributed by atoms with Gasteiger partial charge in [-0.15, -0.1) is 10.2 Å². The Bertz CT molecular complexity index is 983. The Morgan fingerprint density at radius 1 is 0.900 bits per heavy atom. The minimum Gasteiger partial charge on any atom is -0.493 e. The number of para-hydroxylation sites is 2. The third-order valence-corrected chi connectivity index (χ3v) is 3.98. The van der Waals surface area contributed by atoms with Gasteiger partial charge in [0.2, 0.25) is 0 Å². The molecule has 0 aliphatic heterocycles. The van der Waals surface area contributed by atoms with Crippen LogP contribution < -0.4 is 14.9 Å². The summed E-state index contributed by atoms with van der Waals surface area (Å²) in [6.45, 7) is 5.45. The van der Waals surface area contributed by atoms with Crippen LogP contribution in [0.2, 0.25) is 0 Å². The summed E-state index contributed by atoms with van der Waals surface area (Å²) < 4.78 is 13.0. The van der Waals surface area contributed by atoms with E-state index < -0.39 is 0 Å². The molecule has 0 aliphatic carbocycles. The summed E-state index contributed by atoms with van der Waals surface area (Å²) in [7, 11) is 0. The Labute approximate surface area is 176 Å². The van der Waals surface area contributed by atoms with Crippen LogP contribution >= 0.6 is 0 Å². The molecule has 1 N–H and O–H groups in total. The van der Waals surface area contributed by atoms with Gasteiger partial charge in [0.1, 0.15) is 17.8 Å². The average Bonchev–Trinajstić information content (AvgIpc) is 3.23. The molecule has 3 rings (SSSR count). The van der Waals surface area contributed by atoms with Gasteiger partial charge in [0.15, 0.2) is 0 Å². The van der Waals surface area contributed by atoms with Crippen LogP contribution in [-0.4, -0.2) is 40.5 Å². The zero-order chi connectivity index (χ0) is 21.0. The van der Waals surface area contributed by atoms with Crippen molar-refractivity contribution in [1.82, 2.24) is 14.9 Å². The zero-order valence-electron chi connectivity index (χ0n) is 17.2. The molecule has 8 nitrogen and oxygen atoms in total. The lowest BCUT2D eigenvalue weighted by molar-refractivity contribution is 0.317. The maximum atomic E-state index is 5.76. The summed E-state index contributed by atoms with van der Waals surface area (Å²) in [5, 5.41) is 16.6. The molecule has 0 unspecified atom stereocenters. The second-order valence-electron chi connectivity index (χ2n) is 6.39. The second-order valence-corrected chi connectivity index (χ2v) is 6.39. The van der Waals surface area contributed by atoms with Gasteiger partial charge < -0.3 is 9.47 Å². The SMILES string of the molecule is CCCOc1ccccc1C=NNc1nncn1N=Cc1ccccc1OCCC. The third-order valence-electron chi connectivity index (χ3n) is 3.98. The number of rotatable bonds is 11. The van der Waals surface area contributed by atoms with Crippen molar-refractivity contribution in [3.8, 4) is 11.5 Å². The molecule has 2 aromatic carbocycles. The van der Waals surface area contributed by atoms with Gasteiger partial charge in [-0.05, 0) is 37.1 Å². The Hall–Kier alpha value is -3.68. The summed E-state index contributed by atoms with van der Waals surface area (Å²) in [6, 6.07) is 15.5. The molecular formula is C22H26N6O2. The number of ether oxygens (including phenoxy) is 2. The van der Waals surface area contributed by atoms with Crippen molar-refractivity contribution >= 4 is 18.4 Å². The maximum absolute atomic E-state index is 5.76. The van der Waals surface area contributed by atoms with Crippen LogP contribution in [0, 0.1) is 0 Å². The first kappa shape index (κ1) is 21.0. The molecule has 30 heavy (non-hydrogen) atoms. The van der Waals surface area contributed by atoms with E-state index in [1.165, 1.54) is 11.0 Å². The molecule has 1 aromatic heterocycles. The van der Waals surface area contributed by atoms with Crippen molar-refractivity contribution < 1.29 is 9.47 Å². The lowest BCUT2D eigenvalue weighted by Gasteiger charge is -2.07. The van der Waals surface area contributed by atoms with Crippen molar-refractivity contribution in [2.24, 2.45) is 10.2 Å². The van der Waals surface area contributed by atoms with E-state index in [4.69, 9.17) is 9.47 Å². The summed E-state index contributed by atoms with van der Waals surface area (Å²) in [5.41, 5.74) is 4.61. The van der Waals surface area contributed by atoms with E-state index in [-0.39, 0.29) is 0 Å². The zero-order valence-corrected chi connectivity index (χ0v) is 17.2. The number of hydrogen-bond acceptors (Lipinski definition) is 7. The van der Waals surface area contributed by atoms with Gasteiger partial charge in [0.25, 0.3) is 5.95 Å². The monoisotopic (exact) mass is 406 g/mol. The standard InChI is InChI=1S/C22H26N6O2/c1-3-13-29-20-11-7-5-9-18(20)15-23-26-22-27-24-17-28(22)25-16-19-10-6-8-12-21(19)30-14-4-2/h5-12,15-17H,3-4,13-14H2,1-2H3,(H,26,27). The molecule has 0 fully saturated rings. The van der Waals surface area contributed by atoms with Crippen LogP contribution in [-0.2, 0) is 0 Å². The minimum absolute atomic E-state index is 0.390. The van der Waals surface area contributed by atoms with E-state index in [1.807, 2.05) is 48.5 Å². The molecule has 0 aliphatic rings. The van der Waals surface area contributed by atoms with Crippen molar-refractivity contribution in [2.45, 2.75) is 26.7 Å². The topological polar surface area (TPSA) is 85.9 Å². The highest BCUT2D eigenvalue weighted by Gasteiger charge is 2.04. The summed E-state index contributed by atoms with van der Waals surface area (Å²) >= 11 is 0. The van der Waals surface area contributed by atoms with E-state index in [1.54, 1.807) is 12.4 Å². The predicted molar refractivity (Wildman–Crippen MR) is 119 cm³/mol. The maximum Gasteiger partial charge on any atom is 0.265 e. The van der Waals surface area contributed by atoms with E-state index in [0.29, 0.717) is 19.2 Å². The van der Waals surface area contributed by atoms with E-state index in [0.717, 1.165) is 35.5 Å². The Kier molecular flexibility index (Phi) is 7.96. The molecule has 0 saturated carbocycles. The lowest BCUT2D eigenvalue weighted by atomic mass is 10.2. The van der Waals surface area contributed by atoms with Crippen molar-refractivity contribution in [3.05, 3.63) is 66.0 Å². The van der Waals surface area contributed by atoms with E-state index in [2.05, 4.69) is 39.7 Å². The van der Waals surface area contributed by atoms with Gasteiger partial charge in [0.05, 0.1) is 25.6 Å². The highest BCUT2D eigenvalue weighted by Crippen LogP contribution is 2.17. The Morgan fingerprint density at radius 3 is 2.13 bits per heavy atom. The van der Waals surface area contributed by atoms with Crippen LogP contribution in [0.5, 0.6) is 11.5 Å². The molecule has 0 amide bonds. The smallest absolute Gasteiger partial charge is 0.265 e. The molecule has 0 spiro atoms. The highest BCUT2D eigenvalue weighted by atomic mass is 16.5. The molecule has 0 atom stereocenters. The average molecular weight is 406 g/mol. The van der Waals surface area contributed by atoms with Gasteiger partial charge in [0, 0.05) is 11.1 Å². The van der Waals surface area contributed by atoms with Gasteiger partial charge in [-0.1, -0.05) is 38.1 Å². The lowest BCUT2D eigenvalue weighted by Crippen LogP contribution is -2.02. The Morgan fingerprint density at radius 2 is 1.50 bits per heavy atom. The van der Waals surface area contributed by atoms with Crippen LogP contribution in [0.25, 0.3) is 0 Å². The fraction of sp³-hybridized carbons (Fsp3) is 0.273. The molecule has 0 bridgehead atoms. The number of hydrogen-bond donors (Lipinski definition) is 1. The van der Waals surface area contributed by atoms with Crippen LogP contribution in [0.15, 0.2) is 65.1 Å². The van der Waals surface area contributed by atoms with E-state index in [9.17, 15) is 0 Å². The van der Waals surface area contributed by atoms with Gasteiger partial charge in [-0.3, -0.25) is 0 Å². The van der Waals surface area contributed by atoms with Crippen LogP contribution in [0.3, 0.4) is 0 Å². The van der Waals surface area contributed by atoms with E-state index >= 15 is 0 Å². The predicted octanol–water partition coefficient (Wildman–Crippen LogP) is 4.18. The molecular weight excluding hydrogens is 380 g/mol. The Balaban J connectivity index is 1.68. The van der Waals surface area contributed by atoms with Crippen molar-refractivity contribution in [3.63, 3.8) is 0 Å². The first-order valence-corrected chi connectivity index (χ1v) is 9.99. The summed E-state index contributed by atoms with van der Waals surface area (Å²) in [4.78, 5) is 0. The first-order chi connectivity index (χ1) is 14.8. The van der Waals surface area contributed by atoms with Crippen molar-refractivity contribution in [1.29, 1.82) is 0 Å². The molecule has 156 valence electrons. The number of benzene rings is 2. The molecule has 1 heterocycles. The van der Waals surface area contributed by atoms with Crippen LogP contribution in [0.4, 0.5) is 5.95 Å². The summed E-state index contributed by atoms with van der Waals surface area (Å²) in [5.74, 6) is 1.96. The number of hydrazone groups is 1. The molecule has 3 aromatic rings. The molecule has 8 heteroatoms. The number of aromatic nitrogens is 3. The van der Waals surface area contributed by atoms with Crippen molar-refractivity contribution in [2.75, 3.05) is 18.6 Å². The minimum atomic E-state index is 0.390. The number of nitrogens with zero attached hydrogens (tertiary/aromatic N) is 5. The normalized spacial score (nSPS) is 11.3. The summed E-state index contributed by atoms with van der Waals surface area (Å²) in [6.07, 6.45) is 6.77. The fourth-order valence-corrected chi connectivity index (χ4v) is 2.53. The molecule has 0 saturated heterocycles. The fourth-order valence-electron chi connectivity index (χ4n) is 2.53. The van der Waals surface area contributed by atoms with Gasteiger partial charge >= 0.3 is 0 Å². The van der Waals surface area contributed by atoms with Crippen LogP contribution in [0.1, 0.15) is 37.8 Å². The van der Waals surface area contributed by atoms with Gasteiger partial charge in [-0.2, -0.15) is 14.9 Å². The second kappa shape index (κ2) is 11.4.